The predicted octanol–water partition coefficient (Wildman–Crippen LogP) is 12.9. The Morgan fingerprint density at radius 3 is 0.985 bits per heavy atom. The molecule has 4 aromatic heterocycles. The van der Waals surface area contributed by atoms with Gasteiger partial charge in [-0.25, -0.2) is 35.1 Å². The average Bonchev–Trinajstić information content (AvgIpc) is 1.71. The SMILES string of the molecule is [C-]#[N+]CC1(n2cc(C(N)=O)c(NC(=O)C3CC3)n2)CCN(Cc2ccc(-c3ccccc3)c(Cl)c2)CC1.[C-]#[N+]CC1(n2cc(C(N)=O)c(NC(=O)C3CC3)n2)CCN(Cc2ccc(-c3ccccc3)c(OC)c2)CC1.[C-]#[N+]C[C@]1(n2cc(C(N)=O)c(NC(=O)C3CC3)n2)CCN(Cc2ccccc2)C[C@@H]1F.[C-]#[N+]C[C@]1(n2cc(C(N)=O)c(NC(=O)C3CC3)n2)CCN(Cc2ccccc2)C[C@H]1F. The number of methoxy groups -OCH3 is 1. The van der Waals surface area contributed by atoms with E-state index in [0.717, 1.165) is 146 Å². The lowest BCUT2D eigenvalue weighted by molar-refractivity contribution is -0.118. The van der Waals surface area contributed by atoms with E-state index in [4.69, 9.17) is 65.6 Å². The first-order valence-corrected chi connectivity index (χ1v) is 46.5. The van der Waals surface area contributed by atoms with Crippen molar-refractivity contribution in [1.82, 2.24) is 58.7 Å². The molecule has 8 aliphatic rings. The number of rotatable bonds is 31. The molecular formula is C101H111ClF2N24O9. The number of halogens is 3. The lowest BCUT2D eigenvalue weighted by atomic mass is 9.85. The number of hydrogen-bond acceptors (Lipinski definition) is 17. The second kappa shape index (κ2) is 43.1. The van der Waals surface area contributed by atoms with Gasteiger partial charge in [0.25, 0.3) is 23.6 Å². The quantitative estimate of drug-likeness (QED) is 0.0187. The van der Waals surface area contributed by atoms with E-state index in [2.05, 4.69) is 113 Å². The van der Waals surface area contributed by atoms with Crippen LogP contribution in [0.4, 0.5) is 32.1 Å². The molecule has 4 saturated heterocycles. The summed E-state index contributed by atoms with van der Waals surface area (Å²) in [7, 11) is 1.69. The summed E-state index contributed by atoms with van der Waals surface area (Å²) >= 11 is 6.62. The Balaban J connectivity index is 0.000000139. The van der Waals surface area contributed by atoms with Crippen molar-refractivity contribution in [2.45, 2.75) is 151 Å². The number of primary amides is 4. The number of amides is 8. The summed E-state index contributed by atoms with van der Waals surface area (Å²) in [6, 6.07) is 52.4. The van der Waals surface area contributed by atoms with E-state index in [1.165, 1.54) is 21.8 Å². The van der Waals surface area contributed by atoms with Crippen LogP contribution in [0, 0.1) is 50.0 Å². The van der Waals surface area contributed by atoms with Crippen LogP contribution in [-0.4, -0.2) is 204 Å². The van der Waals surface area contributed by atoms with Crippen molar-refractivity contribution in [2.24, 2.45) is 46.6 Å². The molecule has 0 unspecified atom stereocenters. The summed E-state index contributed by atoms with van der Waals surface area (Å²) < 4.78 is 43.0. The Morgan fingerprint density at radius 1 is 0.387 bits per heavy atom. The minimum Gasteiger partial charge on any atom is -0.496 e. The van der Waals surface area contributed by atoms with Gasteiger partial charge < -0.3 is 68.3 Å². The summed E-state index contributed by atoms with van der Waals surface area (Å²) in [5.74, 6) is -2.48. The number of carbonyl (C=O) groups is 8. The van der Waals surface area contributed by atoms with E-state index in [1.807, 2.05) is 125 Å². The van der Waals surface area contributed by atoms with E-state index >= 15 is 8.78 Å². The van der Waals surface area contributed by atoms with Gasteiger partial charge in [0.2, 0.25) is 49.8 Å². The molecule has 137 heavy (non-hydrogen) atoms. The minimum absolute atomic E-state index is 0.0253. The topological polar surface area (TPSA) is 400 Å². The standard InChI is InChI=1S/C29H32N6O3.C28H29ClN6O2.2C22H25FN6O2/c1-31-19-29(35-18-24(26(30)36)27(33-35)32-28(37)22-9-10-22)12-14-34(15-13-29)17-20-8-11-23(25(16-20)38-2)21-6-4-3-5-7-21;1-31-18-28(35-17-23(25(30)36)26(33-35)32-27(37)21-8-9-21)11-13-34(14-12-28)16-19-7-10-22(24(29)15-19)20-5-3-2-4-6-20;2*1-25-14-22(9-10-28(13-18(22)23)11-15-5-3-2-4-6-15)29-12-17(19(24)30)20(27-29)26-21(31)16-7-8-16/h3-8,11,16,18,22H,9-10,12-15,17,19H2,2H3,(H2,30,36)(H,32,33,37);2-7,10,15,17,21H,8-9,11-14,16,18H2,(H2,30,36)(H,32,33,37);2*2-6,12,16,18H,7-11,13-14H2,(H2,24,30)(H,26,27,31)/t;;18-,22+;18-,22-/m..01/s1. The fraction of sp³-hybridized carbons (Fsp3) is 0.406. The van der Waals surface area contributed by atoms with Gasteiger partial charge in [-0.1, -0.05) is 157 Å². The molecule has 4 saturated carbocycles. The number of aromatic nitrogens is 8. The van der Waals surface area contributed by atoms with Crippen LogP contribution in [-0.2, 0) is 67.5 Å². The fourth-order valence-electron chi connectivity index (χ4n) is 18.2. The summed E-state index contributed by atoms with van der Waals surface area (Å²) in [6.45, 7) is 37.4. The first kappa shape index (κ1) is 97.2. The van der Waals surface area contributed by atoms with Crippen LogP contribution in [0.15, 0.2) is 183 Å². The highest BCUT2D eigenvalue weighted by Gasteiger charge is 2.53. The van der Waals surface area contributed by atoms with Crippen LogP contribution in [0.2, 0.25) is 5.02 Å². The van der Waals surface area contributed by atoms with Crippen molar-refractivity contribution in [3.63, 3.8) is 0 Å². The van der Waals surface area contributed by atoms with Gasteiger partial charge in [-0.15, -0.1) is 0 Å². The molecule has 18 rings (SSSR count). The predicted molar refractivity (Wildman–Crippen MR) is 513 cm³/mol. The number of alkyl halides is 2. The van der Waals surface area contributed by atoms with Gasteiger partial charge in [-0.05, 0) is 135 Å². The summed E-state index contributed by atoms with van der Waals surface area (Å²) in [6.07, 6.45) is 13.1. The Hall–Kier alpha value is -14.3. The van der Waals surface area contributed by atoms with Gasteiger partial charge in [0.1, 0.15) is 51.4 Å². The third kappa shape index (κ3) is 23.3. The lowest BCUT2D eigenvalue weighted by Gasteiger charge is -2.41. The molecule has 0 bridgehead atoms. The molecule has 8 fully saturated rings. The largest absolute Gasteiger partial charge is 0.496 e. The number of hydrogen-bond donors (Lipinski definition) is 8. The van der Waals surface area contributed by atoms with Gasteiger partial charge in [-0.3, -0.25) is 76.7 Å². The molecule has 33 nitrogen and oxygen atoms in total. The molecule has 4 aliphatic carbocycles. The molecule has 36 heteroatoms. The van der Waals surface area contributed by atoms with Crippen LogP contribution in [0.25, 0.3) is 41.6 Å². The normalized spacial score (nSPS) is 20.1. The zero-order chi connectivity index (χ0) is 96.7. The molecule has 4 atom stereocenters. The van der Waals surface area contributed by atoms with Crippen molar-refractivity contribution in [3.05, 3.63) is 278 Å². The number of carbonyl (C=O) groups excluding carboxylic acids is 8. The van der Waals surface area contributed by atoms with E-state index in [9.17, 15) is 38.4 Å². The smallest absolute Gasteiger partial charge is 0.254 e. The zero-order valence-corrected chi connectivity index (χ0v) is 77.0. The highest BCUT2D eigenvalue weighted by atomic mass is 35.5. The highest BCUT2D eigenvalue weighted by Crippen LogP contribution is 2.43. The van der Waals surface area contributed by atoms with E-state index in [0.29, 0.717) is 64.7 Å². The van der Waals surface area contributed by atoms with Crippen molar-refractivity contribution in [2.75, 3.05) is 107 Å². The summed E-state index contributed by atoms with van der Waals surface area (Å²) in [5.41, 5.74) is 27.7. The molecule has 4 aliphatic heterocycles. The van der Waals surface area contributed by atoms with Crippen molar-refractivity contribution in [3.8, 4) is 28.0 Å². The Kier molecular flexibility index (Phi) is 30.6. The first-order valence-electron chi connectivity index (χ1n) is 46.1. The molecule has 6 aromatic carbocycles. The maximum Gasteiger partial charge on any atom is 0.254 e. The van der Waals surface area contributed by atoms with Crippen molar-refractivity contribution < 1.29 is 51.9 Å². The van der Waals surface area contributed by atoms with E-state index in [-0.39, 0.29) is 132 Å². The van der Waals surface area contributed by atoms with Gasteiger partial charge in [0.05, 0.1) is 7.11 Å². The zero-order valence-electron chi connectivity index (χ0n) is 76.3. The number of ether oxygens (including phenoxy) is 1. The van der Waals surface area contributed by atoms with Gasteiger partial charge >= 0.3 is 0 Å². The highest BCUT2D eigenvalue weighted by molar-refractivity contribution is 6.33. The molecule has 8 heterocycles. The third-order valence-electron chi connectivity index (χ3n) is 27.1. The van der Waals surface area contributed by atoms with Crippen LogP contribution in [0.3, 0.4) is 0 Å². The summed E-state index contributed by atoms with van der Waals surface area (Å²) in [5, 5.41) is 29.4. The van der Waals surface area contributed by atoms with Crippen molar-refractivity contribution in [1.29, 1.82) is 0 Å². The minimum atomic E-state index is -1.38. The number of benzene rings is 6. The molecule has 0 spiro atoms. The second-order valence-corrected chi connectivity index (χ2v) is 37.2. The number of anilines is 4. The second-order valence-electron chi connectivity index (χ2n) is 36.8. The molecule has 8 amide bonds. The Morgan fingerprint density at radius 2 is 0.679 bits per heavy atom. The average molecular weight is 1880 g/mol. The van der Waals surface area contributed by atoms with Crippen LogP contribution in [0.5, 0.6) is 5.75 Å². The fourth-order valence-corrected chi connectivity index (χ4v) is 18.5. The van der Waals surface area contributed by atoms with E-state index < -0.39 is 58.1 Å². The number of piperidine rings is 4. The van der Waals surface area contributed by atoms with Crippen LogP contribution < -0.4 is 48.9 Å². The van der Waals surface area contributed by atoms with Crippen molar-refractivity contribution >= 4 is 82.1 Å². The van der Waals surface area contributed by atoms with E-state index in [1.54, 1.807) is 28.9 Å². The summed E-state index contributed by atoms with van der Waals surface area (Å²) in [4.78, 5) is 120. The molecule has 10 aromatic rings. The van der Waals surface area contributed by atoms with Gasteiger partial charge in [-0.2, -0.15) is 20.4 Å². The third-order valence-corrected chi connectivity index (χ3v) is 27.4. The van der Waals surface area contributed by atoms with Gasteiger partial charge in [0, 0.05) is 143 Å². The molecule has 12 N–H and O–H groups in total. The van der Waals surface area contributed by atoms with Crippen LogP contribution >= 0.6 is 11.6 Å². The van der Waals surface area contributed by atoms with Gasteiger partial charge in [0.15, 0.2) is 34.3 Å². The Bertz CT molecular complexity index is 6070. The monoisotopic (exact) mass is 1880 g/mol. The maximum atomic E-state index is 15.6. The molecular weight excluding hydrogens is 1770 g/mol. The lowest BCUT2D eigenvalue weighted by Crippen LogP contribution is -2.56. The number of nitrogens with two attached hydrogens (primary N) is 4. The number of nitrogens with one attached hydrogen (secondary N) is 4. The molecule has 0 radical (unpaired) electrons. The maximum absolute atomic E-state index is 15.6. The molecule has 710 valence electrons. The Labute approximate surface area is 798 Å². The first-order chi connectivity index (χ1) is 66.1. The van der Waals surface area contributed by atoms with Crippen LogP contribution in [0.1, 0.15) is 154 Å². The number of nitrogens with zero attached hydrogens (tertiary/aromatic N) is 16. The number of likely N-dealkylation sites (tertiary alicyclic amines) is 4.